The van der Waals surface area contributed by atoms with E-state index in [9.17, 15) is 14.4 Å². The summed E-state index contributed by atoms with van der Waals surface area (Å²) in [6.45, 7) is 13.2. The fraction of sp³-hybridized carbons (Fsp3) is 0.571. The number of fused-ring (bicyclic) bond motifs is 1. The van der Waals surface area contributed by atoms with Crippen LogP contribution in [0.3, 0.4) is 0 Å². The first-order valence-corrected chi connectivity index (χ1v) is 15.8. The van der Waals surface area contributed by atoms with Gasteiger partial charge >= 0.3 is 12.1 Å². The molecule has 3 heterocycles. The van der Waals surface area contributed by atoms with Gasteiger partial charge in [0.15, 0.2) is 11.4 Å². The molecule has 0 aliphatic heterocycles. The SMILES string of the molecule is C[C@H]1CC(c2ccncc2CC(=O)c2c(NC(=O)OC(C)(C)C)oc3cc(C4CC4)cnc23)C[C@@H](CC(=O)OC(C)(C)C)C1. The molecule has 2 aliphatic carbocycles. The Bertz CT molecular complexity index is 1540. The third kappa shape index (κ3) is 8.04. The van der Waals surface area contributed by atoms with Crippen LogP contribution in [0.25, 0.3) is 11.1 Å². The second kappa shape index (κ2) is 12.3. The van der Waals surface area contributed by atoms with E-state index in [1.807, 2.05) is 32.9 Å². The fourth-order valence-electron chi connectivity index (χ4n) is 6.41. The molecule has 0 spiro atoms. The number of esters is 1. The Balaban J connectivity index is 1.41. The highest BCUT2D eigenvalue weighted by Gasteiger charge is 2.33. The van der Waals surface area contributed by atoms with Crippen molar-refractivity contribution in [3.63, 3.8) is 0 Å². The number of pyridine rings is 2. The van der Waals surface area contributed by atoms with E-state index in [1.54, 1.807) is 39.4 Å². The van der Waals surface area contributed by atoms with E-state index >= 15 is 0 Å². The van der Waals surface area contributed by atoms with Crippen molar-refractivity contribution in [1.29, 1.82) is 0 Å². The van der Waals surface area contributed by atoms with Gasteiger partial charge in [-0.2, -0.15) is 0 Å². The molecule has 0 radical (unpaired) electrons. The summed E-state index contributed by atoms with van der Waals surface area (Å²) in [4.78, 5) is 48.4. The first-order valence-electron chi connectivity index (χ1n) is 15.8. The highest BCUT2D eigenvalue weighted by atomic mass is 16.6. The maximum absolute atomic E-state index is 14.1. The number of amides is 1. The molecule has 44 heavy (non-hydrogen) atoms. The number of hydrogen-bond donors (Lipinski definition) is 1. The average Bonchev–Trinajstić information content (AvgIpc) is 3.67. The summed E-state index contributed by atoms with van der Waals surface area (Å²) in [7, 11) is 0. The quantitative estimate of drug-likeness (QED) is 0.202. The lowest BCUT2D eigenvalue weighted by Gasteiger charge is -2.34. The molecule has 1 N–H and O–H groups in total. The zero-order valence-corrected chi connectivity index (χ0v) is 27.0. The Morgan fingerprint density at radius 2 is 1.70 bits per heavy atom. The fourth-order valence-corrected chi connectivity index (χ4v) is 6.41. The number of furan rings is 1. The molecule has 9 nitrogen and oxygen atoms in total. The zero-order chi connectivity index (χ0) is 31.8. The molecule has 2 saturated carbocycles. The minimum absolute atomic E-state index is 0.0360. The van der Waals surface area contributed by atoms with Gasteiger partial charge in [-0.15, -0.1) is 0 Å². The molecular weight excluding hydrogens is 558 g/mol. The monoisotopic (exact) mass is 603 g/mol. The first kappa shape index (κ1) is 31.7. The maximum atomic E-state index is 14.1. The molecule has 3 aromatic heterocycles. The summed E-state index contributed by atoms with van der Waals surface area (Å²) in [5.41, 5.74) is 2.81. The Morgan fingerprint density at radius 1 is 0.977 bits per heavy atom. The molecule has 3 aromatic rings. The van der Waals surface area contributed by atoms with E-state index in [2.05, 4.69) is 22.2 Å². The number of hydrogen-bond acceptors (Lipinski definition) is 8. The van der Waals surface area contributed by atoms with Gasteiger partial charge in [-0.05, 0) is 126 Å². The van der Waals surface area contributed by atoms with Crippen molar-refractivity contribution in [3.8, 4) is 0 Å². The summed E-state index contributed by atoms with van der Waals surface area (Å²) in [6.07, 6.45) is 10.0. The van der Waals surface area contributed by atoms with Crippen LogP contribution in [-0.4, -0.2) is 39.0 Å². The van der Waals surface area contributed by atoms with Gasteiger partial charge in [0.1, 0.15) is 22.3 Å². The van der Waals surface area contributed by atoms with Gasteiger partial charge in [-0.25, -0.2) is 4.79 Å². The Labute approximate surface area is 259 Å². The van der Waals surface area contributed by atoms with Crippen molar-refractivity contribution < 1.29 is 28.3 Å². The number of anilines is 1. The largest absolute Gasteiger partial charge is 0.460 e. The molecule has 1 amide bonds. The van der Waals surface area contributed by atoms with Crippen molar-refractivity contribution in [1.82, 2.24) is 9.97 Å². The van der Waals surface area contributed by atoms with E-state index < -0.39 is 17.3 Å². The second-order valence-electron chi connectivity index (χ2n) is 14.7. The number of carbonyl (C=O) groups excluding carboxylic acids is 3. The smallest absolute Gasteiger partial charge is 0.414 e. The molecule has 2 fully saturated rings. The number of aromatic nitrogens is 2. The molecular formula is C35H45N3O6. The third-order valence-corrected chi connectivity index (χ3v) is 8.14. The van der Waals surface area contributed by atoms with Crippen molar-refractivity contribution in [3.05, 3.63) is 53.0 Å². The molecule has 5 rings (SSSR count). The van der Waals surface area contributed by atoms with E-state index in [1.165, 1.54) is 0 Å². The Morgan fingerprint density at radius 3 is 2.39 bits per heavy atom. The number of nitrogens with zero attached hydrogens (tertiary/aromatic N) is 2. The number of nitrogens with one attached hydrogen (secondary N) is 1. The normalized spacial score (nSPS) is 20.8. The summed E-state index contributed by atoms with van der Waals surface area (Å²) in [5, 5.41) is 2.66. The van der Waals surface area contributed by atoms with Crippen LogP contribution in [0.15, 0.2) is 35.1 Å². The minimum atomic E-state index is -0.721. The second-order valence-corrected chi connectivity index (χ2v) is 14.7. The van der Waals surface area contributed by atoms with Crippen molar-refractivity contribution >= 4 is 34.8 Å². The lowest BCUT2D eigenvalue weighted by molar-refractivity contribution is -0.156. The predicted octanol–water partition coefficient (Wildman–Crippen LogP) is 8.12. The van der Waals surface area contributed by atoms with Gasteiger partial charge in [0, 0.05) is 31.4 Å². The number of ketones is 1. The van der Waals surface area contributed by atoms with Crippen LogP contribution in [0.4, 0.5) is 10.7 Å². The van der Waals surface area contributed by atoms with Crippen LogP contribution in [-0.2, 0) is 20.7 Å². The van der Waals surface area contributed by atoms with Crippen LogP contribution in [0.5, 0.6) is 0 Å². The molecule has 1 unspecified atom stereocenters. The first-order chi connectivity index (χ1) is 20.6. The summed E-state index contributed by atoms with van der Waals surface area (Å²) in [5.74, 6) is 0.881. The summed E-state index contributed by atoms with van der Waals surface area (Å²) < 4.78 is 17.1. The van der Waals surface area contributed by atoms with Gasteiger partial charge in [-0.1, -0.05) is 6.92 Å². The van der Waals surface area contributed by atoms with Gasteiger partial charge < -0.3 is 13.9 Å². The van der Waals surface area contributed by atoms with Crippen LogP contribution < -0.4 is 5.32 Å². The average molecular weight is 604 g/mol. The van der Waals surface area contributed by atoms with Crippen molar-refractivity contribution in [2.45, 2.75) is 116 Å². The molecule has 9 heteroatoms. The maximum Gasteiger partial charge on any atom is 0.414 e. The molecule has 236 valence electrons. The van der Waals surface area contributed by atoms with E-state index in [-0.39, 0.29) is 41.5 Å². The third-order valence-electron chi connectivity index (χ3n) is 8.14. The summed E-state index contributed by atoms with van der Waals surface area (Å²) >= 11 is 0. The number of ether oxygens (including phenoxy) is 2. The van der Waals surface area contributed by atoms with Crippen LogP contribution >= 0.6 is 0 Å². The highest BCUT2D eigenvalue weighted by Crippen LogP contribution is 2.43. The molecule has 3 atom stereocenters. The van der Waals surface area contributed by atoms with Gasteiger partial charge in [-0.3, -0.25) is 24.9 Å². The highest BCUT2D eigenvalue weighted by molar-refractivity contribution is 6.12. The lowest BCUT2D eigenvalue weighted by Crippen LogP contribution is -2.28. The number of rotatable bonds is 8. The molecule has 0 saturated heterocycles. The van der Waals surface area contributed by atoms with Crippen molar-refractivity contribution in [2.24, 2.45) is 11.8 Å². The van der Waals surface area contributed by atoms with Crippen LogP contribution in [0, 0.1) is 11.8 Å². The number of carbonyl (C=O) groups is 3. The number of Topliss-reactive ketones (excluding diaryl/α,β-unsaturated/α-hetero) is 1. The van der Waals surface area contributed by atoms with E-state index in [0.29, 0.717) is 29.4 Å². The van der Waals surface area contributed by atoms with Crippen LogP contribution in [0.1, 0.15) is 126 Å². The van der Waals surface area contributed by atoms with Gasteiger partial charge in [0.05, 0.1) is 0 Å². The van der Waals surface area contributed by atoms with E-state index in [0.717, 1.165) is 48.8 Å². The Kier molecular flexibility index (Phi) is 8.87. The standard InChI is InChI=1S/C35H45N3O6/c1-20-12-21(15-29(40)43-34(2,3)4)14-23(13-20)26-10-11-36-18-25(26)16-27(39)30-31-28(17-24(19-37-31)22-8-9-22)42-32(30)38-33(41)44-35(5,6)7/h10-11,17-23H,8-9,12-16H2,1-7H3,(H,38,41)/t20-,21+,23?/m1/s1. The summed E-state index contributed by atoms with van der Waals surface area (Å²) in [6, 6.07) is 3.91. The minimum Gasteiger partial charge on any atom is -0.460 e. The molecule has 0 bridgehead atoms. The predicted molar refractivity (Wildman–Crippen MR) is 168 cm³/mol. The van der Waals surface area contributed by atoms with Gasteiger partial charge in [0.25, 0.3) is 0 Å². The van der Waals surface area contributed by atoms with Crippen molar-refractivity contribution in [2.75, 3.05) is 5.32 Å². The Hall–Kier alpha value is -3.75. The van der Waals surface area contributed by atoms with Crippen LogP contribution in [0.2, 0.25) is 0 Å². The lowest BCUT2D eigenvalue weighted by atomic mass is 9.71. The zero-order valence-electron chi connectivity index (χ0n) is 27.0. The topological polar surface area (TPSA) is 121 Å². The van der Waals surface area contributed by atoms with Gasteiger partial charge in [0.2, 0.25) is 5.88 Å². The molecule has 0 aromatic carbocycles. The van der Waals surface area contributed by atoms with E-state index in [4.69, 9.17) is 13.9 Å². The molecule has 2 aliphatic rings.